The van der Waals surface area contributed by atoms with E-state index in [1.807, 2.05) is 31.2 Å². The van der Waals surface area contributed by atoms with Gasteiger partial charge in [0.25, 0.3) is 11.7 Å². The molecule has 0 bridgehead atoms. The summed E-state index contributed by atoms with van der Waals surface area (Å²) in [5.74, 6) is -1.62. The van der Waals surface area contributed by atoms with Gasteiger partial charge in [-0.2, -0.15) is 0 Å². The third-order valence-electron chi connectivity index (χ3n) is 6.90. The molecule has 0 saturated carbocycles. The number of benzene rings is 3. The fraction of sp³-hybridized carbons (Fsp3) is 0.241. The molecule has 0 aromatic heterocycles. The van der Waals surface area contributed by atoms with Crippen LogP contribution in [-0.2, 0) is 9.59 Å². The van der Waals surface area contributed by atoms with Gasteiger partial charge in [0.05, 0.1) is 18.7 Å². The number of ketones is 1. The summed E-state index contributed by atoms with van der Waals surface area (Å²) in [5, 5.41) is 11.3. The van der Waals surface area contributed by atoms with Gasteiger partial charge in [-0.05, 0) is 85.5 Å². The molecule has 2 heterocycles. The predicted molar refractivity (Wildman–Crippen MR) is 137 cm³/mol. The Morgan fingerprint density at radius 1 is 0.944 bits per heavy atom. The first-order chi connectivity index (χ1) is 17.4. The van der Waals surface area contributed by atoms with Gasteiger partial charge in [-0.25, -0.2) is 4.39 Å². The predicted octanol–water partition coefficient (Wildman–Crippen LogP) is 5.37. The lowest BCUT2D eigenvalue weighted by atomic mass is 9.94. The molecule has 0 spiro atoms. The lowest BCUT2D eigenvalue weighted by Crippen LogP contribution is -2.29. The number of aliphatic hydroxyl groups is 1. The lowest BCUT2D eigenvalue weighted by Gasteiger charge is -2.26. The molecule has 1 N–H and O–H groups in total. The van der Waals surface area contributed by atoms with Crippen LogP contribution in [0.3, 0.4) is 0 Å². The largest absolute Gasteiger partial charge is 0.507 e. The molecular formula is C29H27FN2O4. The molecule has 7 heteroatoms. The van der Waals surface area contributed by atoms with Crippen molar-refractivity contribution in [1.82, 2.24) is 0 Å². The maximum absolute atomic E-state index is 13.8. The zero-order valence-corrected chi connectivity index (χ0v) is 20.2. The van der Waals surface area contributed by atoms with E-state index in [0.29, 0.717) is 22.6 Å². The topological polar surface area (TPSA) is 70.1 Å². The second-order valence-electron chi connectivity index (χ2n) is 9.12. The Hall–Kier alpha value is -4.13. The molecule has 2 aliphatic heterocycles. The monoisotopic (exact) mass is 486 g/mol. The van der Waals surface area contributed by atoms with Crippen molar-refractivity contribution < 1.29 is 23.8 Å². The Morgan fingerprint density at radius 3 is 2.19 bits per heavy atom. The van der Waals surface area contributed by atoms with Gasteiger partial charge in [0, 0.05) is 30.0 Å². The number of aliphatic hydroxyl groups excluding tert-OH is 1. The van der Waals surface area contributed by atoms with Gasteiger partial charge in [-0.3, -0.25) is 14.5 Å². The van der Waals surface area contributed by atoms with Crippen molar-refractivity contribution in [3.05, 3.63) is 94.8 Å². The number of hydrogen-bond donors (Lipinski definition) is 1. The fourth-order valence-corrected chi connectivity index (χ4v) is 5.04. The minimum absolute atomic E-state index is 0.0419. The van der Waals surface area contributed by atoms with Crippen molar-refractivity contribution >= 4 is 28.8 Å². The van der Waals surface area contributed by atoms with Gasteiger partial charge in [0.15, 0.2) is 0 Å². The molecule has 0 radical (unpaired) electrons. The molecule has 3 aromatic carbocycles. The molecule has 0 aliphatic carbocycles. The molecule has 3 aromatic rings. The highest BCUT2D eigenvalue weighted by Gasteiger charge is 2.47. The van der Waals surface area contributed by atoms with Crippen LogP contribution in [0.4, 0.5) is 15.8 Å². The van der Waals surface area contributed by atoms with Crippen LogP contribution in [0.15, 0.2) is 72.3 Å². The molecular weight excluding hydrogens is 459 g/mol. The Bertz CT molecular complexity index is 1340. The summed E-state index contributed by atoms with van der Waals surface area (Å²) in [5.41, 5.74) is 3.22. The van der Waals surface area contributed by atoms with Crippen LogP contribution in [0.25, 0.3) is 5.76 Å². The van der Waals surface area contributed by atoms with Crippen LogP contribution < -0.4 is 14.5 Å². The highest BCUT2D eigenvalue weighted by molar-refractivity contribution is 6.51. The Labute approximate surface area is 209 Å². The van der Waals surface area contributed by atoms with Gasteiger partial charge in [-0.1, -0.05) is 12.1 Å². The second kappa shape index (κ2) is 9.49. The lowest BCUT2D eigenvalue weighted by molar-refractivity contribution is -0.132. The number of hydrogen-bond acceptors (Lipinski definition) is 5. The third-order valence-corrected chi connectivity index (χ3v) is 6.90. The number of halogens is 1. The Balaban J connectivity index is 1.62. The van der Waals surface area contributed by atoms with Gasteiger partial charge in [-0.15, -0.1) is 0 Å². The maximum atomic E-state index is 13.8. The second-order valence-corrected chi connectivity index (χ2v) is 9.12. The van der Waals surface area contributed by atoms with Crippen molar-refractivity contribution in [3.8, 4) is 5.75 Å². The zero-order chi connectivity index (χ0) is 25.4. The number of rotatable bonds is 5. The number of amides is 1. The highest BCUT2D eigenvalue weighted by Crippen LogP contribution is 2.43. The summed E-state index contributed by atoms with van der Waals surface area (Å²) in [6.07, 6.45) is 2.29. The summed E-state index contributed by atoms with van der Waals surface area (Å²) in [4.78, 5) is 30.3. The number of carbonyl (C=O) groups excluding carboxylic acids is 2. The molecule has 1 amide bonds. The van der Waals surface area contributed by atoms with Crippen LogP contribution in [0.1, 0.15) is 35.6 Å². The summed E-state index contributed by atoms with van der Waals surface area (Å²) >= 11 is 0. The molecule has 5 rings (SSSR count). The third kappa shape index (κ3) is 4.11. The van der Waals surface area contributed by atoms with E-state index in [9.17, 15) is 19.1 Å². The van der Waals surface area contributed by atoms with E-state index in [-0.39, 0.29) is 11.3 Å². The molecule has 1 unspecified atom stereocenters. The van der Waals surface area contributed by atoms with Gasteiger partial charge < -0.3 is 14.7 Å². The maximum Gasteiger partial charge on any atom is 0.300 e. The van der Waals surface area contributed by atoms with Crippen molar-refractivity contribution in [3.63, 3.8) is 0 Å². The average molecular weight is 487 g/mol. The Kier molecular flexibility index (Phi) is 6.22. The standard InChI is InChI=1S/C29H27FN2O4/c1-18-17-20(7-14-24(18)36-2)27(33)25-26(19-5-8-21(30)9-6-19)32(29(35)28(25)34)23-12-10-22(11-13-23)31-15-3-4-16-31/h5-14,17,26,33H,3-4,15-16H2,1-2H3/b27-25-. The van der Waals surface area contributed by atoms with Crippen LogP contribution in [0.2, 0.25) is 0 Å². The van der Waals surface area contributed by atoms with Crippen LogP contribution in [0.5, 0.6) is 5.75 Å². The van der Waals surface area contributed by atoms with Crippen molar-refractivity contribution in [2.75, 3.05) is 30.0 Å². The zero-order valence-electron chi connectivity index (χ0n) is 20.2. The van der Waals surface area contributed by atoms with E-state index in [1.54, 1.807) is 25.3 Å². The number of carbonyl (C=O) groups is 2. The van der Waals surface area contributed by atoms with E-state index < -0.39 is 23.5 Å². The minimum Gasteiger partial charge on any atom is -0.507 e. The van der Waals surface area contributed by atoms with Crippen molar-refractivity contribution in [2.45, 2.75) is 25.8 Å². The first-order valence-electron chi connectivity index (χ1n) is 12.0. The summed E-state index contributed by atoms with van der Waals surface area (Å²) in [6.45, 7) is 3.80. The molecule has 36 heavy (non-hydrogen) atoms. The summed E-state index contributed by atoms with van der Waals surface area (Å²) in [6, 6.07) is 17.3. The van der Waals surface area contributed by atoms with Gasteiger partial charge in [0.1, 0.15) is 17.3 Å². The van der Waals surface area contributed by atoms with E-state index >= 15 is 0 Å². The number of ether oxygens (including phenoxy) is 1. The molecule has 184 valence electrons. The molecule has 1 atom stereocenters. The van der Waals surface area contributed by atoms with Crippen LogP contribution in [0, 0.1) is 12.7 Å². The number of methoxy groups -OCH3 is 1. The number of Topliss-reactive ketones (excluding diaryl/α,β-unsaturated/α-hetero) is 1. The van der Waals surface area contributed by atoms with Crippen LogP contribution >= 0.6 is 0 Å². The normalized spacial score (nSPS) is 19.2. The Morgan fingerprint density at radius 2 is 1.58 bits per heavy atom. The number of anilines is 2. The van der Waals surface area contributed by atoms with E-state index in [1.165, 1.54) is 29.2 Å². The van der Waals surface area contributed by atoms with E-state index in [2.05, 4.69) is 4.90 Å². The number of aryl methyl sites for hydroxylation is 1. The quantitative estimate of drug-likeness (QED) is 0.298. The average Bonchev–Trinajstić information content (AvgIpc) is 3.51. The van der Waals surface area contributed by atoms with Crippen molar-refractivity contribution in [1.29, 1.82) is 0 Å². The van der Waals surface area contributed by atoms with E-state index in [4.69, 9.17) is 4.74 Å². The smallest absolute Gasteiger partial charge is 0.300 e. The summed E-state index contributed by atoms with van der Waals surface area (Å²) in [7, 11) is 1.55. The van der Waals surface area contributed by atoms with Gasteiger partial charge in [0.2, 0.25) is 0 Å². The fourth-order valence-electron chi connectivity index (χ4n) is 5.04. The minimum atomic E-state index is -0.911. The van der Waals surface area contributed by atoms with Crippen LogP contribution in [-0.4, -0.2) is 37.0 Å². The SMILES string of the molecule is COc1ccc(/C(O)=C2/C(=O)C(=O)N(c3ccc(N4CCCC4)cc3)C2c2ccc(F)cc2)cc1C. The first kappa shape index (κ1) is 23.6. The highest BCUT2D eigenvalue weighted by atomic mass is 19.1. The van der Waals surface area contributed by atoms with Gasteiger partial charge >= 0.3 is 0 Å². The molecule has 6 nitrogen and oxygen atoms in total. The van der Waals surface area contributed by atoms with Crippen molar-refractivity contribution in [2.24, 2.45) is 0 Å². The molecule has 2 saturated heterocycles. The molecule has 2 aliphatic rings. The summed E-state index contributed by atoms with van der Waals surface area (Å²) < 4.78 is 19.1. The molecule has 2 fully saturated rings. The number of nitrogens with zero attached hydrogens (tertiary/aromatic N) is 2. The first-order valence-corrected chi connectivity index (χ1v) is 12.0. The van der Waals surface area contributed by atoms with E-state index in [0.717, 1.165) is 37.2 Å².